The molecule has 0 saturated heterocycles. The summed E-state index contributed by atoms with van der Waals surface area (Å²) in [7, 11) is 0. The molecule has 5 nitrogen and oxygen atoms in total. The smallest absolute Gasteiger partial charge is 0.303 e. The molecule has 0 radical (unpaired) electrons. The summed E-state index contributed by atoms with van der Waals surface area (Å²) in [6.45, 7) is 0. The quantitative estimate of drug-likeness (QED) is 0.875. The Balaban J connectivity index is 1.97. The van der Waals surface area contributed by atoms with Gasteiger partial charge in [0.15, 0.2) is 5.82 Å². The number of benzene rings is 1. The predicted molar refractivity (Wildman–Crippen MR) is 59.5 cm³/mol. The second-order valence-corrected chi connectivity index (χ2v) is 3.80. The molecule has 2 rings (SSSR count). The maximum Gasteiger partial charge on any atom is 0.303 e. The van der Waals surface area contributed by atoms with E-state index in [1.54, 1.807) is 12.1 Å². The van der Waals surface area contributed by atoms with Crippen molar-refractivity contribution in [3.05, 3.63) is 47.4 Å². The molecule has 1 heterocycles. The Morgan fingerprint density at radius 3 is 2.72 bits per heavy atom. The lowest BCUT2D eigenvalue weighted by molar-refractivity contribution is -0.137. The minimum absolute atomic E-state index is 0.0322. The van der Waals surface area contributed by atoms with Gasteiger partial charge in [0.2, 0.25) is 5.89 Å². The Hall–Kier alpha value is -2.24. The summed E-state index contributed by atoms with van der Waals surface area (Å²) < 4.78 is 17.7. The van der Waals surface area contributed by atoms with Crippen LogP contribution in [0.25, 0.3) is 0 Å². The van der Waals surface area contributed by atoms with Crippen LogP contribution in [0.15, 0.2) is 28.8 Å². The molecule has 18 heavy (non-hydrogen) atoms. The lowest BCUT2D eigenvalue weighted by Gasteiger charge is -1.95. The molecule has 1 aromatic heterocycles. The van der Waals surface area contributed by atoms with E-state index in [1.807, 2.05) is 0 Å². The summed E-state index contributed by atoms with van der Waals surface area (Å²) in [6, 6.07) is 5.99. The van der Waals surface area contributed by atoms with E-state index in [0.717, 1.165) is 5.56 Å². The van der Waals surface area contributed by atoms with Gasteiger partial charge in [-0.1, -0.05) is 17.3 Å². The Bertz CT molecular complexity index is 537. The van der Waals surface area contributed by atoms with Crippen molar-refractivity contribution in [2.75, 3.05) is 0 Å². The van der Waals surface area contributed by atoms with Crippen molar-refractivity contribution in [3.63, 3.8) is 0 Å². The molecule has 94 valence electrons. The topological polar surface area (TPSA) is 76.2 Å². The molecule has 0 aliphatic rings. The number of aliphatic carboxylic acids is 1. The molecule has 1 N–H and O–H groups in total. The first-order chi connectivity index (χ1) is 8.63. The number of hydrogen-bond donors (Lipinski definition) is 1. The van der Waals surface area contributed by atoms with Gasteiger partial charge < -0.3 is 9.63 Å². The third-order valence-corrected chi connectivity index (χ3v) is 2.34. The van der Waals surface area contributed by atoms with Gasteiger partial charge in [0.1, 0.15) is 5.82 Å². The number of rotatable bonds is 5. The number of hydrogen-bond acceptors (Lipinski definition) is 4. The molecule has 0 amide bonds. The first-order valence-electron chi connectivity index (χ1n) is 5.41. The zero-order valence-corrected chi connectivity index (χ0v) is 9.47. The average molecular weight is 250 g/mol. The summed E-state index contributed by atoms with van der Waals surface area (Å²) in [6.07, 6.45) is 0.609. The zero-order chi connectivity index (χ0) is 13.0. The standard InChI is InChI=1S/C12H11FN2O3/c13-9-3-1-8(2-4-9)7-11-14-10(15-18-11)5-6-12(16)17/h1-4H,5-7H2,(H,16,17). The van der Waals surface area contributed by atoms with Crippen molar-refractivity contribution >= 4 is 5.97 Å². The Morgan fingerprint density at radius 1 is 1.33 bits per heavy atom. The van der Waals surface area contributed by atoms with E-state index >= 15 is 0 Å². The van der Waals surface area contributed by atoms with Gasteiger partial charge in [0, 0.05) is 6.42 Å². The van der Waals surface area contributed by atoms with Crippen LogP contribution in [-0.2, 0) is 17.6 Å². The maximum atomic E-state index is 12.7. The highest BCUT2D eigenvalue weighted by molar-refractivity contribution is 5.66. The van der Waals surface area contributed by atoms with Crippen molar-refractivity contribution in [2.45, 2.75) is 19.3 Å². The lowest BCUT2D eigenvalue weighted by Crippen LogP contribution is -1.99. The molecule has 0 saturated carbocycles. The Kier molecular flexibility index (Phi) is 3.66. The van der Waals surface area contributed by atoms with E-state index < -0.39 is 5.97 Å². The molecule has 0 aliphatic heterocycles. The molecule has 6 heteroatoms. The molecule has 0 atom stereocenters. The van der Waals surface area contributed by atoms with E-state index in [1.165, 1.54) is 12.1 Å². The number of carbonyl (C=O) groups is 1. The van der Waals surface area contributed by atoms with Crippen LogP contribution in [0.2, 0.25) is 0 Å². The predicted octanol–water partition coefficient (Wildman–Crippen LogP) is 1.82. The van der Waals surface area contributed by atoms with Gasteiger partial charge in [0.25, 0.3) is 0 Å². The van der Waals surface area contributed by atoms with Gasteiger partial charge in [-0.25, -0.2) is 4.39 Å². The van der Waals surface area contributed by atoms with E-state index in [9.17, 15) is 9.18 Å². The second-order valence-electron chi connectivity index (χ2n) is 3.80. The van der Waals surface area contributed by atoms with Crippen molar-refractivity contribution < 1.29 is 18.8 Å². The summed E-state index contributed by atoms with van der Waals surface area (Å²) >= 11 is 0. The van der Waals surface area contributed by atoms with Crippen LogP contribution < -0.4 is 0 Å². The molecule has 0 spiro atoms. The van der Waals surface area contributed by atoms with Crippen LogP contribution in [0, 0.1) is 5.82 Å². The van der Waals surface area contributed by atoms with Gasteiger partial charge in [0.05, 0.1) is 12.8 Å². The first-order valence-corrected chi connectivity index (χ1v) is 5.41. The molecular weight excluding hydrogens is 239 g/mol. The summed E-state index contributed by atoms with van der Waals surface area (Å²) in [5.74, 6) is -0.442. The highest BCUT2D eigenvalue weighted by Gasteiger charge is 2.08. The van der Waals surface area contributed by atoms with Gasteiger partial charge in [-0.05, 0) is 17.7 Å². The van der Waals surface area contributed by atoms with Crippen molar-refractivity contribution in [1.82, 2.24) is 10.1 Å². The van der Waals surface area contributed by atoms with Gasteiger partial charge in [-0.15, -0.1) is 0 Å². The third-order valence-electron chi connectivity index (χ3n) is 2.34. The van der Waals surface area contributed by atoms with Crippen molar-refractivity contribution in [3.8, 4) is 0 Å². The van der Waals surface area contributed by atoms with Crippen LogP contribution in [0.4, 0.5) is 4.39 Å². The monoisotopic (exact) mass is 250 g/mol. The second kappa shape index (κ2) is 5.39. The Morgan fingerprint density at radius 2 is 2.06 bits per heavy atom. The van der Waals surface area contributed by atoms with Crippen LogP contribution >= 0.6 is 0 Å². The fraction of sp³-hybridized carbons (Fsp3) is 0.250. The number of aromatic nitrogens is 2. The minimum atomic E-state index is -0.903. The zero-order valence-electron chi connectivity index (χ0n) is 9.47. The van der Waals surface area contributed by atoms with Crippen LogP contribution in [0.5, 0.6) is 0 Å². The molecule has 0 bridgehead atoms. The molecule has 0 unspecified atom stereocenters. The van der Waals surface area contributed by atoms with Crippen molar-refractivity contribution in [2.24, 2.45) is 0 Å². The van der Waals surface area contributed by atoms with Crippen molar-refractivity contribution in [1.29, 1.82) is 0 Å². The minimum Gasteiger partial charge on any atom is -0.481 e. The summed E-state index contributed by atoms with van der Waals surface area (Å²) in [5, 5.41) is 12.2. The third kappa shape index (κ3) is 3.38. The summed E-state index contributed by atoms with van der Waals surface area (Å²) in [5.41, 5.74) is 0.852. The highest BCUT2D eigenvalue weighted by Crippen LogP contribution is 2.09. The van der Waals surface area contributed by atoms with Gasteiger partial charge in [-0.2, -0.15) is 4.98 Å². The molecular formula is C12H11FN2O3. The van der Waals surface area contributed by atoms with Crippen LogP contribution in [0.1, 0.15) is 23.7 Å². The first kappa shape index (κ1) is 12.2. The van der Waals surface area contributed by atoms with E-state index in [-0.39, 0.29) is 18.7 Å². The average Bonchev–Trinajstić information content (AvgIpc) is 2.77. The van der Waals surface area contributed by atoms with E-state index in [4.69, 9.17) is 9.63 Å². The fourth-order valence-electron chi connectivity index (χ4n) is 1.46. The van der Waals surface area contributed by atoms with E-state index in [2.05, 4.69) is 10.1 Å². The lowest BCUT2D eigenvalue weighted by atomic mass is 10.1. The fourth-order valence-corrected chi connectivity index (χ4v) is 1.46. The molecule has 0 aliphatic carbocycles. The molecule has 2 aromatic rings. The number of carboxylic acid groups (broad SMARTS) is 1. The van der Waals surface area contributed by atoms with Gasteiger partial charge in [-0.3, -0.25) is 4.79 Å². The van der Waals surface area contributed by atoms with E-state index in [0.29, 0.717) is 18.1 Å². The number of aryl methyl sites for hydroxylation is 1. The number of halogens is 1. The SMILES string of the molecule is O=C(O)CCc1noc(Cc2ccc(F)cc2)n1. The number of carboxylic acids is 1. The molecule has 1 aromatic carbocycles. The largest absolute Gasteiger partial charge is 0.481 e. The molecule has 0 fully saturated rings. The normalized spacial score (nSPS) is 10.5. The van der Waals surface area contributed by atoms with Crippen LogP contribution in [0.3, 0.4) is 0 Å². The number of nitrogens with zero attached hydrogens (tertiary/aromatic N) is 2. The van der Waals surface area contributed by atoms with Gasteiger partial charge >= 0.3 is 5.97 Å². The summed E-state index contributed by atoms with van der Waals surface area (Å²) in [4.78, 5) is 14.4. The Labute approximate surface area is 102 Å². The van der Waals surface area contributed by atoms with Crippen LogP contribution in [-0.4, -0.2) is 21.2 Å². The maximum absolute atomic E-state index is 12.7. The highest BCUT2D eigenvalue weighted by atomic mass is 19.1.